The summed E-state index contributed by atoms with van der Waals surface area (Å²) < 4.78 is 42.7. The van der Waals surface area contributed by atoms with Gasteiger partial charge in [-0.3, -0.25) is 0 Å². The maximum atomic E-state index is 15.3. The summed E-state index contributed by atoms with van der Waals surface area (Å²) >= 11 is 0. The van der Waals surface area contributed by atoms with Gasteiger partial charge in [0.2, 0.25) is 5.88 Å². The van der Waals surface area contributed by atoms with Crippen molar-refractivity contribution in [3.05, 3.63) is 82.7 Å². The molecule has 2 saturated heterocycles. The number of halogens is 2. The number of hydrogen-bond donors (Lipinski definition) is 1. The van der Waals surface area contributed by atoms with Crippen molar-refractivity contribution in [2.24, 2.45) is 5.92 Å². The molecule has 0 radical (unpaired) electrons. The number of aromatic carboxylic acids is 1. The fourth-order valence-corrected chi connectivity index (χ4v) is 5.55. The van der Waals surface area contributed by atoms with Crippen LogP contribution in [0.2, 0.25) is 0 Å². The Morgan fingerprint density at radius 1 is 1.12 bits per heavy atom. The number of imidazole rings is 1. The number of nitriles is 1. The number of pyridine rings is 1. The van der Waals surface area contributed by atoms with Crippen LogP contribution in [0.15, 0.2) is 48.5 Å². The Bertz CT molecular complexity index is 1670. The molecule has 9 nitrogen and oxygen atoms in total. The summed E-state index contributed by atoms with van der Waals surface area (Å²) in [6.45, 7) is 2.62. The molecule has 0 spiro atoms. The molecule has 2 aliphatic heterocycles. The predicted molar refractivity (Wildman–Crippen MR) is 149 cm³/mol. The van der Waals surface area contributed by atoms with Crippen molar-refractivity contribution in [2.75, 3.05) is 24.6 Å². The van der Waals surface area contributed by atoms with Crippen LogP contribution in [-0.4, -0.2) is 51.4 Å². The summed E-state index contributed by atoms with van der Waals surface area (Å²) in [5.41, 5.74) is 0.907. The maximum Gasteiger partial charge on any atom is 0.338 e. The maximum absolute atomic E-state index is 15.3. The number of hydrogen-bond acceptors (Lipinski definition) is 7. The second kappa shape index (κ2) is 11.7. The van der Waals surface area contributed by atoms with E-state index in [2.05, 4.69) is 9.88 Å². The third kappa shape index (κ3) is 5.63. The highest BCUT2D eigenvalue weighted by atomic mass is 19.1. The van der Waals surface area contributed by atoms with Gasteiger partial charge >= 0.3 is 5.97 Å². The Labute approximate surface area is 240 Å². The number of piperidine rings is 1. The third-order valence-corrected chi connectivity index (χ3v) is 8.01. The second-order valence-corrected chi connectivity index (χ2v) is 10.7. The standard InChI is InChI=1S/C31H29F2N5O4/c32-24-14-20(16-34)4-5-21(24)18-42-28-3-1-2-26(36-28)37-11-8-19(9-12-37)15-27-35-25-7-6-23(31(39)40)29(33)30(25)38(27)17-22-10-13-41-22/h1-7,14,19,22H,8-13,15,17-18H2,(H,39,40)/t22-/m0/s1. The Balaban J connectivity index is 1.12. The number of carboxylic acid groups (broad SMARTS) is 1. The van der Waals surface area contributed by atoms with E-state index in [1.165, 1.54) is 18.2 Å². The van der Waals surface area contributed by atoms with Crippen LogP contribution >= 0.6 is 0 Å². The van der Waals surface area contributed by atoms with Crippen LogP contribution in [0.3, 0.4) is 0 Å². The van der Waals surface area contributed by atoms with E-state index in [0.29, 0.717) is 42.5 Å². The lowest BCUT2D eigenvalue weighted by Crippen LogP contribution is -2.35. The highest BCUT2D eigenvalue weighted by Crippen LogP contribution is 2.30. The summed E-state index contributed by atoms with van der Waals surface area (Å²) in [6, 6.07) is 14.5. The van der Waals surface area contributed by atoms with Gasteiger partial charge in [0.15, 0.2) is 5.82 Å². The summed E-state index contributed by atoms with van der Waals surface area (Å²) in [4.78, 5) is 23.1. The van der Waals surface area contributed by atoms with Gasteiger partial charge in [-0.1, -0.05) is 12.1 Å². The largest absolute Gasteiger partial charge is 0.478 e. The fourth-order valence-electron chi connectivity index (χ4n) is 5.55. The first kappa shape index (κ1) is 27.6. The first-order valence-electron chi connectivity index (χ1n) is 14.0. The highest BCUT2D eigenvalue weighted by Gasteiger charge is 2.28. The molecule has 11 heteroatoms. The zero-order valence-electron chi connectivity index (χ0n) is 22.8. The van der Waals surface area contributed by atoms with Crippen molar-refractivity contribution in [2.45, 2.75) is 44.9 Å². The van der Waals surface area contributed by atoms with Gasteiger partial charge in [0.05, 0.1) is 35.4 Å². The van der Waals surface area contributed by atoms with E-state index < -0.39 is 17.6 Å². The lowest BCUT2D eigenvalue weighted by Gasteiger charge is -2.33. The molecule has 2 aliphatic rings. The molecule has 6 rings (SSSR count). The molecule has 0 bridgehead atoms. The highest BCUT2D eigenvalue weighted by molar-refractivity contribution is 5.93. The van der Waals surface area contributed by atoms with E-state index in [1.807, 2.05) is 22.8 Å². The molecular weight excluding hydrogens is 544 g/mol. The van der Waals surface area contributed by atoms with Gasteiger partial charge in [-0.05, 0) is 55.5 Å². The zero-order chi connectivity index (χ0) is 29.2. The first-order chi connectivity index (χ1) is 20.4. The average molecular weight is 574 g/mol. The molecule has 0 saturated carbocycles. The van der Waals surface area contributed by atoms with E-state index in [1.54, 1.807) is 18.2 Å². The number of aromatic nitrogens is 3. The molecule has 1 N–H and O–H groups in total. The molecule has 4 heterocycles. The number of benzene rings is 2. The van der Waals surface area contributed by atoms with E-state index in [4.69, 9.17) is 19.7 Å². The van der Waals surface area contributed by atoms with Gasteiger partial charge < -0.3 is 24.0 Å². The Morgan fingerprint density at radius 3 is 2.62 bits per heavy atom. The zero-order valence-corrected chi connectivity index (χ0v) is 22.8. The first-order valence-corrected chi connectivity index (χ1v) is 14.0. The predicted octanol–water partition coefficient (Wildman–Crippen LogP) is 5.11. The van der Waals surface area contributed by atoms with Crippen LogP contribution in [-0.2, 0) is 24.3 Å². The van der Waals surface area contributed by atoms with E-state index in [-0.39, 0.29) is 29.4 Å². The number of fused-ring (bicyclic) bond motifs is 1. The number of carboxylic acids is 1. The number of ether oxygens (including phenoxy) is 2. The minimum Gasteiger partial charge on any atom is -0.478 e. The molecule has 2 aromatic heterocycles. The van der Waals surface area contributed by atoms with Crippen LogP contribution in [0.5, 0.6) is 5.88 Å². The minimum absolute atomic E-state index is 0.00246. The molecule has 0 unspecified atom stereocenters. The Morgan fingerprint density at radius 2 is 1.93 bits per heavy atom. The van der Waals surface area contributed by atoms with Crippen molar-refractivity contribution in [3.63, 3.8) is 0 Å². The van der Waals surface area contributed by atoms with Crippen molar-refractivity contribution >= 4 is 22.8 Å². The van der Waals surface area contributed by atoms with Gasteiger partial charge in [0.1, 0.15) is 29.6 Å². The summed E-state index contributed by atoms with van der Waals surface area (Å²) in [5.74, 6) is -0.365. The molecule has 0 amide bonds. The van der Waals surface area contributed by atoms with Gasteiger partial charge in [0, 0.05) is 37.7 Å². The second-order valence-electron chi connectivity index (χ2n) is 10.7. The van der Waals surface area contributed by atoms with Crippen molar-refractivity contribution in [1.82, 2.24) is 14.5 Å². The van der Waals surface area contributed by atoms with Crippen LogP contribution in [0.25, 0.3) is 11.0 Å². The van der Waals surface area contributed by atoms with Crippen molar-refractivity contribution < 1.29 is 28.2 Å². The van der Waals surface area contributed by atoms with Gasteiger partial charge in [-0.15, -0.1) is 0 Å². The van der Waals surface area contributed by atoms with Crippen molar-refractivity contribution in [3.8, 4) is 11.9 Å². The molecule has 0 aliphatic carbocycles. The SMILES string of the molecule is N#Cc1ccc(COc2cccc(N3CCC(Cc4nc5ccc(C(=O)O)c(F)c5n4C[C@@H]4CCO4)CC3)n2)c(F)c1. The quantitative estimate of drug-likeness (QED) is 0.294. The molecular formula is C31H29F2N5O4. The summed E-state index contributed by atoms with van der Waals surface area (Å²) in [7, 11) is 0. The van der Waals surface area contributed by atoms with Crippen molar-refractivity contribution in [1.29, 1.82) is 5.26 Å². The smallest absolute Gasteiger partial charge is 0.338 e. The number of rotatable bonds is 9. The number of nitrogens with zero attached hydrogens (tertiary/aromatic N) is 5. The summed E-state index contributed by atoms with van der Waals surface area (Å²) in [5, 5.41) is 18.4. The molecule has 2 aromatic carbocycles. The third-order valence-electron chi connectivity index (χ3n) is 8.01. The molecule has 1 atom stereocenters. The van der Waals surface area contributed by atoms with Gasteiger partial charge in [-0.2, -0.15) is 10.2 Å². The topological polar surface area (TPSA) is 114 Å². The van der Waals surface area contributed by atoms with E-state index in [0.717, 1.165) is 44.0 Å². The summed E-state index contributed by atoms with van der Waals surface area (Å²) in [6.07, 6.45) is 3.22. The van der Waals surface area contributed by atoms with Gasteiger partial charge in [-0.25, -0.2) is 18.6 Å². The van der Waals surface area contributed by atoms with Crippen LogP contribution in [0.4, 0.5) is 14.6 Å². The van der Waals surface area contributed by atoms with Crippen LogP contribution in [0, 0.1) is 28.9 Å². The minimum atomic E-state index is -1.31. The lowest BCUT2D eigenvalue weighted by atomic mass is 9.93. The number of carbonyl (C=O) groups is 1. The fraction of sp³-hybridized carbons (Fsp3) is 0.355. The molecule has 42 heavy (non-hydrogen) atoms. The normalized spacial score (nSPS) is 17.2. The molecule has 2 fully saturated rings. The Kier molecular flexibility index (Phi) is 7.71. The van der Waals surface area contributed by atoms with Crippen LogP contribution in [0.1, 0.15) is 46.6 Å². The lowest BCUT2D eigenvalue weighted by molar-refractivity contribution is -0.0591. The molecule has 4 aromatic rings. The van der Waals surface area contributed by atoms with E-state index in [9.17, 15) is 14.3 Å². The van der Waals surface area contributed by atoms with E-state index >= 15 is 4.39 Å². The monoisotopic (exact) mass is 573 g/mol. The van der Waals surface area contributed by atoms with Crippen LogP contribution < -0.4 is 9.64 Å². The number of anilines is 1. The Hall–Kier alpha value is -4.56. The molecule has 216 valence electrons. The average Bonchev–Trinajstić information content (AvgIpc) is 3.32. The van der Waals surface area contributed by atoms with Gasteiger partial charge in [0.25, 0.3) is 0 Å².